The predicted octanol–water partition coefficient (Wildman–Crippen LogP) is 4.73. The van der Waals surface area contributed by atoms with E-state index in [4.69, 9.17) is 14.6 Å². The van der Waals surface area contributed by atoms with Crippen LogP contribution in [0.3, 0.4) is 0 Å². The minimum Gasteiger partial charge on any atom is -0.454 e. The first kappa shape index (κ1) is 21.8. The first-order valence-corrected chi connectivity index (χ1v) is 11.8. The molecule has 33 heavy (non-hydrogen) atoms. The average Bonchev–Trinajstić information content (AvgIpc) is 3.54. The predicted molar refractivity (Wildman–Crippen MR) is 130 cm³/mol. The van der Waals surface area contributed by atoms with Crippen molar-refractivity contribution in [1.82, 2.24) is 4.72 Å². The molecule has 0 spiro atoms. The number of rotatable bonds is 8. The highest BCUT2D eigenvalue weighted by molar-refractivity contribution is 7.97. The van der Waals surface area contributed by atoms with Crippen LogP contribution in [0.4, 0.5) is 5.69 Å². The number of aliphatic hydroxyl groups is 1. The van der Waals surface area contributed by atoms with Crippen LogP contribution in [-0.2, 0) is 10.2 Å². The highest BCUT2D eigenvalue weighted by atomic mass is 32.2. The Labute approximate surface area is 197 Å². The molecular weight excluding hydrogens is 436 g/mol. The fourth-order valence-corrected chi connectivity index (χ4v) is 4.60. The third kappa shape index (κ3) is 4.57. The van der Waals surface area contributed by atoms with Crippen LogP contribution in [0, 0.1) is 0 Å². The maximum absolute atomic E-state index is 13.2. The number of hydrogen-bond donors (Lipinski definition) is 3. The molecule has 5 rings (SSSR count). The number of carbonyl (C=O) groups is 1. The van der Waals surface area contributed by atoms with Crippen LogP contribution >= 0.6 is 11.9 Å². The SMILES string of the molecule is C[C@@H](CO)NSc1ccc(-c2cccc(NC(=O)C3(c4ccc5c(c4)OCO5)CC3)c2)cc1. The van der Waals surface area contributed by atoms with Crippen molar-refractivity contribution in [3.63, 3.8) is 0 Å². The Morgan fingerprint density at radius 3 is 2.58 bits per heavy atom. The molecule has 1 aliphatic carbocycles. The molecule has 0 radical (unpaired) electrons. The van der Waals surface area contributed by atoms with Gasteiger partial charge in [0.1, 0.15) is 0 Å². The third-order valence-corrected chi connectivity index (χ3v) is 7.10. The molecule has 1 aliphatic heterocycles. The number of ether oxygens (including phenoxy) is 2. The van der Waals surface area contributed by atoms with Gasteiger partial charge >= 0.3 is 0 Å². The Hall–Kier alpha value is -3.00. The fourth-order valence-electron chi connectivity index (χ4n) is 3.91. The Morgan fingerprint density at radius 1 is 1.03 bits per heavy atom. The first-order chi connectivity index (χ1) is 16.1. The van der Waals surface area contributed by atoms with Crippen LogP contribution in [0.25, 0.3) is 11.1 Å². The Bertz CT molecular complexity index is 1160. The number of nitrogens with one attached hydrogen (secondary N) is 2. The van der Waals surface area contributed by atoms with E-state index < -0.39 is 5.41 Å². The van der Waals surface area contributed by atoms with Gasteiger partial charge < -0.3 is 19.9 Å². The summed E-state index contributed by atoms with van der Waals surface area (Å²) >= 11 is 1.50. The van der Waals surface area contributed by atoms with Crippen molar-refractivity contribution < 1.29 is 19.4 Å². The van der Waals surface area contributed by atoms with Gasteiger partial charge in [0.2, 0.25) is 12.7 Å². The molecule has 2 aliphatic rings. The van der Waals surface area contributed by atoms with Gasteiger partial charge in [0.25, 0.3) is 0 Å². The van der Waals surface area contributed by atoms with Gasteiger partial charge in [0.15, 0.2) is 11.5 Å². The summed E-state index contributed by atoms with van der Waals surface area (Å²) in [5.74, 6) is 1.44. The summed E-state index contributed by atoms with van der Waals surface area (Å²) in [5, 5.41) is 12.3. The van der Waals surface area contributed by atoms with Crippen LogP contribution < -0.4 is 19.5 Å². The Balaban J connectivity index is 1.28. The minimum absolute atomic E-state index is 0.00865. The summed E-state index contributed by atoms with van der Waals surface area (Å²) in [5.41, 5.74) is 3.35. The van der Waals surface area contributed by atoms with Crippen molar-refractivity contribution in [2.45, 2.75) is 36.1 Å². The Morgan fingerprint density at radius 2 is 1.82 bits per heavy atom. The second-order valence-corrected chi connectivity index (χ2v) is 9.42. The lowest BCUT2D eigenvalue weighted by molar-refractivity contribution is -0.118. The zero-order valence-corrected chi connectivity index (χ0v) is 19.2. The molecule has 1 heterocycles. The van der Waals surface area contributed by atoms with E-state index in [2.05, 4.69) is 22.2 Å². The molecule has 0 bridgehead atoms. The van der Waals surface area contributed by atoms with Crippen LogP contribution in [-0.4, -0.2) is 30.5 Å². The number of aliphatic hydroxyl groups excluding tert-OH is 1. The van der Waals surface area contributed by atoms with Gasteiger partial charge in [0, 0.05) is 16.6 Å². The van der Waals surface area contributed by atoms with Crippen LogP contribution in [0.1, 0.15) is 25.3 Å². The summed E-state index contributed by atoms with van der Waals surface area (Å²) in [6.07, 6.45) is 1.64. The van der Waals surface area contributed by atoms with Crippen molar-refractivity contribution in [1.29, 1.82) is 0 Å². The summed E-state index contributed by atoms with van der Waals surface area (Å²) < 4.78 is 14.1. The molecule has 1 saturated carbocycles. The van der Waals surface area contributed by atoms with E-state index in [1.54, 1.807) is 0 Å². The lowest BCUT2D eigenvalue weighted by atomic mass is 9.94. The monoisotopic (exact) mass is 462 g/mol. The summed E-state index contributed by atoms with van der Waals surface area (Å²) in [6, 6.07) is 21.9. The van der Waals surface area contributed by atoms with Crippen molar-refractivity contribution in [2.24, 2.45) is 0 Å². The van der Waals surface area contributed by atoms with Gasteiger partial charge in [-0.3, -0.25) is 9.52 Å². The summed E-state index contributed by atoms with van der Waals surface area (Å²) in [4.78, 5) is 14.3. The minimum atomic E-state index is -0.505. The molecule has 0 aromatic heterocycles. The molecule has 170 valence electrons. The second kappa shape index (κ2) is 9.09. The standard InChI is InChI=1S/C26H26N2O4S/c1-17(15-29)28-33-22-8-5-18(6-9-22)19-3-2-4-21(13-19)27-25(30)26(11-12-26)20-7-10-23-24(14-20)32-16-31-23/h2-10,13-14,17,28-29H,11-12,15-16H2,1H3,(H,27,30)/t17-/m0/s1. The van der Waals surface area contributed by atoms with Crippen LogP contribution in [0.2, 0.25) is 0 Å². The third-order valence-electron chi connectivity index (χ3n) is 6.07. The summed E-state index contributed by atoms with van der Waals surface area (Å²) in [7, 11) is 0. The fraction of sp³-hybridized carbons (Fsp3) is 0.269. The average molecular weight is 463 g/mol. The van der Waals surface area contributed by atoms with E-state index in [1.807, 2.05) is 61.5 Å². The van der Waals surface area contributed by atoms with Crippen molar-refractivity contribution in [2.75, 3.05) is 18.7 Å². The molecule has 3 N–H and O–H groups in total. The maximum Gasteiger partial charge on any atom is 0.235 e. The van der Waals surface area contributed by atoms with Crippen molar-refractivity contribution in [3.05, 3.63) is 72.3 Å². The molecule has 0 saturated heterocycles. The van der Waals surface area contributed by atoms with E-state index in [9.17, 15) is 4.79 Å². The van der Waals surface area contributed by atoms with Crippen molar-refractivity contribution in [3.8, 4) is 22.6 Å². The largest absolute Gasteiger partial charge is 0.454 e. The van der Waals surface area contributed by atoms with Gasteiger partial charge in [-0.05, 0) is 84.8 Å². The maximum atomic E-state index is 13.2. The molecule has 0 unspecified atom stereocenters. The molecule has 7 heteroatoms. The van der Waals surface area contributed by atoms with E-state index in [0.717, 1.165) is 45.9 Å². The normalized spacial score (nSPS) is 16.3. The molecule has 3 aromatic rings. The molecule has 6 nitrogen and oxygen atoms in total. The second-order valence-electron chi connectivity index (χ2n) is 8.51. The lowest BCUT2D eigenvalue weighted by Gasteiger charge is -2.17. The van der Waals surface area contributed by atoms with Crippen LogP contribution in [0.15, 0.2) is 71.6 Å². The van der Waals surface area contributed by atoms with Gasteiger partial charge in [-0.15, -0.1) is 0 Å². The van der Waals surface area contributed by atoms with Crippen LogP contribution in [0.5, 0.6) is 11.5 Å². The van der Waals surface area contributed by atoms with Gasteiger partial charge in [0.05, 0.1) is 12.0 Å². The van der Waals surface area contributed by atoms with Gasteiger partial charge in [-0.25, -0.2) is 0 Å². The Kier molecular flexibility index (Phi) is 6.01. The number of benzene rings is 3. The zero-order chi connectivity index (χ0) is 22.8. The molecule has 1 fully saturated rings. The molecule has 1 atom stereocenters. The number of anilines is 1. The first-order valence-electron chi connectivity index (χ1n) is 11.0. The smallest absolute Gasteiger partial charge is 0.235 e. The number of amides is 1. The van der Waals surface area contributed by atoms with E-state index in [1.165, 1.54) is 11.9 Å². The molecule has 3 aromatic carbocycles. The topological polar surface area (TPSA) is 79.8 Å². The van der Waals surface area contributed by atoms with E-state index in [-0.39, 0.29) is 25.3 Å². The highest BCUT2D eigenvalue weighted by Gasteiger charge is 2.51. The summed E-state index contributed by atoms with van der Waals surface area (Å²) in [6.45, 7) is 2.25. The van der Waals surface area contributed by atoms with Gasteiger partial charge in [-0.2, -0.15) is 0 Å². The molecular formula is C26H26N2O4S. The van der Waals surface area contributed by atoms with E-state index >= 15 is 0 Å². The highest BCUT2D eigenvalue weighted by Crippen LogP contribution is 2.51. The molecule has 1 amide bonds. The zero-order valence-electron chi connectivity index (χ0n) is 18.3. The van der Waals surface area contributed by atoms with Gasteiger partial charge in [-0.1, -0.05) is 30.3 Å². The van der Waals surface area contributed by atoms with E-state index in [0.29, 0.717) is 5.75 Å². The van der Waals surface area contributed by atoms with Crippen molar-refractivity contribution >= 4 is 23.5 Å². The lowest BCUT2D eigenvalue weighted by Crippen LogP contribution is -2.27. The number of fused-ring (bicyclic) bond motifs is 1. The quantitative estimate of drug-likeness (QED) is 0.420. The number of carbonyl (C=O) groups excluding carboxylic acids is 1. The number of hydrogen-bond acceptors (Lipinski definition) is 6.